The Morgan fingerprint density at radius 3 is 1.46 bits per heavy atom. The van der Waals surface area contributed by atoms with Crippen LogP contribution in [0.3, 0.4) is 0 Å². The van der Waals surface area contributed by atoms with Crippen LogP contribution in [0.15, 0.2) is 229 Å². The second kappa shape index (κ2) is 14.5. The Morgan fingerprint density at radius 1 is 0.328 bits per heavy atom. The van der Waals surface area contributed by atoms with Crippen molar-refractivity contribution in [2.24, 2.45) is 0 Å². The molecule has 286 valence electrons. The standard InChI is InChI=1S/C58H37NOS/c1-4-16-38(17-5-1)39-30-34-43(35-31-39)59(52-29-15-28-51-50-27-14-26-45(57(50)61-58(51)52)40-18-6-2-7-19-40)44-36-32-42(33-37-44)55-53(41-20-8-3-9-21-41)54-48-24-12-10-22-46(48)47-23-11-13-25-49(47)56(54)60-55/h1-37H. The number of hydrogen-bond donors (Lipinski definition) is 0. The van der Waals surface area contributed by atoms with Crippen LogP contribution in [0.5, 0.6) is 0 Å². The van der Waals surface area contributed by atoms with Crippen molar-refractivity contribution >= 4 is 81.1 Å². The third-order valence-electron chi connectivity index (χ3n) is 12.1. The van der Waals surface area contributed by atoms with Gasteiger partial charge < -0.3 is 9.32 Å². The Labute approximate surface area is 357 Å². The minimum absolute atomic E-state index is 0.869. The van der Waals surface area contributed by atoms with E-state index in [2.05, 4.69) is 229 Å². The van der Waals surface area contributed by atoms with Gasteiger partial charge in [0.1, 0.15) is 11.3 Å². The maximum atomic E-state index is 7.11. The van der Waals surface area contributed by atoms with E-state index in [0.29, 0.717) is 0 Å². The van der Waals surface area contributed by atoms with E-state index in [1.165, 1.54) is 58.6 Å². The van der Waals surface area contributed by atoms with E-state index in [1.807, 2.05) is 11.3 Å². The van der Waals surface area contributed by atoms with Gasteiger partial charge >= 0.3 is 0 Å². The van der Waals surface area contributed by atoms with Gasteiger partial charge in [0.25, 0.3) is 0 Å². The molecule has 0 N–H and O–H groups in total. The van der Waals surface area contributed by atoms with Crippen molar-refractivity contribution < 1.29 is 4.42 Å². The number of anilines is 3. The summed E-state index contributed by atoms with van der Waals surface area (Å²) >= 11 is 1.87. The van der Waals surface area contributed by atoms with Gasteiger partial charge in [0, 0.05) is 48.7 Å². The summed E-state index contributed by atoms with van der Waals surface area (Å²) in [4.78, 5) is 2.41. The molecule has 0 fully saturated rings. The largest absolute Gasteiger partial charge is 0.455 e. The van der Waals surface area contributed by atoms with E-state index in [-0.39, 0.29) is 0 Å². The van der Waals surface area contributed by atoms with Crippen LogP contribution >= 0.6 is 11.3 Å². The van der Waals surface area contributed by atoms with Crippen LogP contribution in [0, 0.1) is 0 Å². The molecule has 0 spiro atoms. The van der Waals surface area contributed by atoms with Crippen molar-refractivity contribution in [3.8, 4) is 44.7 Å². The molecule has 0 saturated heterocycles. The van der Waals surface area contributed by atoms with Gasteiger partial charge in [-0.1, -0.05) is 182 Å². The van der Waals surface area contributed by atoms with Crippen LogP contribution in [0.2, 0.25) is 0 Å². The molecule has 0 aliphatic rings. The lowest BCUT2D eigenvalue weighted by molar-refractivity contribution is 0.636. The van der Waals surface area contributed by atoms with Crippen LogP contribution in [0.1, 0.15) is 0 Å². The molecule has 12 aromatic rings. The molecule has 0 atom stereocenters. The van der Waals surface area contributed by atoms with Crippen molar-refractivity contribution in [2.75, 3.05) is 4.90 Å². The number of rotatable bonds is 7. The fourth-order valence-electron chi connectivity index (χ4n) is 9.26. The van der Waals surface area contributed by atoms with Gasteiger partial charge in [0.2, 0.25) is 0 Å². The highest BCUT2D eigenvalue weighted by molar-refractivity contribution is 7.27. The van der Waals surface area contributed by atoms with Crippen LogP contribution in [0.4, 0.5) is 17.1 Å². The summed E-state index contributed by atoms with van der Waals surface area (Å²) in [5.41, 5.74) is 12.4. The first-order chi connectivity index (χ1) is 30.3. The summed E-state index contributed by atoms with van der Waals surface area (Å²) in [6, 6.07) is 80.7. The zero-order valence-electron chi connectivity index (χ0n) is 33.1. The Morgan fingerprint density at radius 2 is 0.803 bits per heavy atom. The molecule has 2 nitrogen and oxygen atoms in total. The number of furan rings is 1. The van der Waals surface area contributed by atoms with Crippen LogP contribution in [-0.2, 0) is 0 Å². The number of nitrogens with zero attached hydrogens (tertiary/aromatic N) is 1. The molecule has 0 aliphatic carbocycles. The van der Waals surface area contributed by atoms with Gasteiger partial charge in [-0.15, -0.1) is 11.3 Å². The molecule has 2 heterocycles. The molecule has 0 unspecified atom stereocenters. The number of hydrogen-bond acceptors (Lipinski definition) is 3. The van der Waals surface area contributed by atoms with E-state index in [9.17, 15) is 0 Å². The first-order valence-electron chi connectivity index (χ1n) is 20.8. The monoisotopic (exact) mass is 795 g/mol. The third-order valence-corrected chi connectivity index (χ3v) is 13.4. The Hall–Kier alpha value is -7.72. The molecule has 61 heavy (non-hydrogen) atoms. The van der Waals surface area contributed by atoms with Crippen LogP contribution in [0.25, 0.3) is 97.4 Å². The average Bonchev–Trinajstić information content (AvgIpc) is 3.94. The molecule has 12 rings (SSSR count). The van der Waals surface area contributed by atoms with E-state index < -0.39 is 0 Å². The second-order valence-electron chi connectivity index (χ2n) is 15.6. The van der Waals surface area contributed by atoms with Gasteiger partial charge in [-0.2, -0.15) is 0 Å². The lowest BCUT2D eigenvalue weighted by Gasteiger charge is -2.26. The summed E-state index contributed by atoms with van der Waals surface area (Å²) in [5.74, 6) is 0.869. The quantitative estimate of drug-likeness (QED) is 0.149. The minimum Gasteiger partial charge on any atom is -0.455 e. The number of thiophene rings is 1. The van der Waals surface area contributed by atoms with Crippen LogP contribution < -0.4 is 4.90 Å². The molecular weight excluding hydrogens is 759 g/mol. The second-order valence-corrected chi connectivity index (χ2v) is 16.6. The summed E-state index contributed by atoms with van der Waals surface area (Å²) in [5, 5.41) is 8.41. The minimum atomic E-state index is 0.869. The highest BCUT2D eigenvalue weighted by Crippen LogP contribution is 2.50. The SMILES string of the molecule is c1ccc(-c2ccc(N(c3ccc(-c4oc5c6ccccc6c6ccccc6c5c4-c4ccccc4)cc3)c3cccc4c3sc3c(-c5ccccc5)cccc34)cc2)cc1. The van der Waals surface area contributed by atoms with Crippen molar-refractivity contribution in [1.82, 2.24) is 0 Å². The first-order valence-corrected chi connectivity index (χ1v) is 21.6. The summed E-state index contributed by atoms with van der Waals surface area (Å²) < 4.78 is 9.66. The Bertz CT molecular complexity index is 3550. The van der Waals surface area contributed by atoms with Crippen molar-refractivity contribution in [2.45, 2.75) is 0 Å². The molecule has 3 heteroatoms. The molecule has 10 aromatic carbocycles. The maximum absolute atomic E-state index is 7.11. The molecule has 0 aliphatic heterocycles. The highest BCUT2D eigenvalue weighted by Gasteiger charge is 2.24. The molecule has 0 bridgehead atoms. The van der Waals surface area contributed by atoms with E-state index in [0.717, 1.165) is 55.9 Å². The average molecular weight is 796 g/mol. The predicted octanol–water partition coefficient (Wildman–Crippen LogP) is 17.2. The van der Waals surface area contributed by atoms with E-state index in [1.54, 1.807) is 0 Å². The molecule has 0 radical (unpaired) electrons. The van der Waals surface area contributed by atoms with Gasteiger partial charge in [0.15, 0.2) is 0 Å². The Kier molecular flexibility index (Phi) is 8.39. The lowest BCUT2D eigenvalue weighted by atomic mass is 9.92. The van der Waals surface area contributed by atoms with E-state index in [4.69, 9.17) is 4.42 Å². The van der Waals surface area contributed by atoms with Crippen molar-refractivity contribution in [1.29, 1.82) is 0 Å². The lowest BCUT2D eigenvalue weighted by Crippen LogP contribution is -2.10. The van der Waals surface area contributed by atoms with E-state index >= 15 is 0 Å². The maximum Gasteiger partial charge on any atom is 0.143 e. The Balaban J connectivity index is 1.06. The summed E-state index contributed by atoms with van der Waals surface area (Å²) in [7, 11) is 0. The van der Waals surface area contributed by atoms with Gasteiger partial charge in [-0.25, -0.2) is 0 Å². The first kappa shape index (κ1) is 35.2. The molecule has 0 saturated carbocycles. The topological polar surface area (TPSA) is 16.4 Å². The van der Waals surface area contributed by atoms with Crippen molar-refractivity contribution in [3.05, 3.63) is 224 Å². The fourth-order valence-corrected chi connectivity index (χ4v) is 10.6. The van der Waals surface area contributed by atoms with Gasteiger partial charge in [-0.3, -0.25) is 0 Å². The van der Waals surface area contributed by atoms with Crippen molar-refractivity contribution in [3.63, 3.8) is 0 Å². The number of benzene rings is 10. The smallest absolute Gasteiger partial charge is 0.143 e. The van der Waals surface area contributed by atoms with Crippen LogP contribution in [-0.4, -0.2) is 0 Å². The third kappa shape index (κ3) is 5.85. The fraction of sp³-hybridized carbons (Fsp3) is 0. The summed E-state index contributed by atoms with van der Waals surface area (Å²) in [6.45, 7) is 0. The molecule has 0 amide bonds. The highest BCUT2D eigenvalue weighted by atomic mass is 32.1. The predicted molar refractivity (Wildman–Crippen MR) is 261 cm³/mol. The zero-order valence-corrected chi connectivity index (χ0v) is 33.9. The molecular formula is C58H37NOS. The van der Waals surface area contributed by atoms with Gasteiger partial charge in [-0.05, 0) is 86.4 Å². The number of fused-ring (bicyclic) bond motifs is 9. The summed E-state index contributed by atoms with van der Waals surface area (Å²) in [6.07, 6.45) is 0. The molecule has 2 aromatic heterocycles. The zero-order chi connectivity index (χ0) is 40.3. The van der Waals surface area contributed by atoms with Gasteiger partial charge in [0.05, 0.1) is 10.4 Å². The normalized spacial score (nSPS) is 11.6.